The number of pyridine rings is 1. The Morgan fingerprint density at radius 2 is 2.21 bits per heavy atom. The van der Waals surface area contributed by atoms with E-state index < -0.39 is 11.7 Å². The second-order valence-electron chi connectivity index (χ2n) is 4.59. The SMILES string of the molecule is CC1CN(Cc2ncccc2C(F)(F)F)CCN1.Cl. The molecule has 19 heavy (non-hydrogen) atoms. The predicted octanol–water partition coefficient (Wildman–Crippen LogP) is 2.32. The molecule has 0 saturated carbocycles. The fourth-order valence-corrected chi connectivity index (χ4v) is 2.19. The van der Waals surface area contributed by atoms with Crippen molar-refractivity contribution >= 4 is 12.4 Å². The number of hydrogen-bond acceptors (Lipinski definition) is 3. The van der Waals surface area contributed by atoms with Crippen LogP contribution in [-0.2, 0) is 12.7 Å². The van der Waals surface area contributed by atoms with Gasteiger partial charge < -0.3 is 5.32 Å². The van der Waals surface area contributed by atoms with E-state index in [9.17, 15) is 13.2 Å². The Labute approximate surface area is 116 Å². The minimum atomic E-state index is -4.33. The van der Waals surface area contributed by atoms with E-state index in [0.717, 1.165) is 25.7 Å². The standard InChI is InChI=1S/C12H16F3N3.ClH/c1-9-7-18(6-5-16-9)8-11-10(12(13,14)15)3-2-4-17-11;/h2-4,9,16H,5-8H2,1H3;1H. The van der Waals surface area contributed by atoms with Crippen LogP contribution in [0.15, 0.2) is 18.3 Å². The minimum absolute atomic E-state index is 0. The van der Waals surface area contributed by atoms with Crippen molar-refractivity contribution in [2.45, 2.75) is 25.7 Å². The van der Waals surface area contributed by atoms with Crippen molar-refractivity contribution in [3.05, 3.63) is 29.6 Å². The first kappa shape index (κ1) is 16.2. The average Bonchev–Trinajstić information content (AvgIpc) is 2.28. The molecule has 3 nitrogen and oxygen atoms in total. The lowest BCUT2D eigenvalue weighted by molar-refractivity contribution is -0.138. The Morgan fingerprint density at radius 1 is 1.47 bits per heavy atom. The highest BCUT2D eigenvalue weighted by Gasteiger charge is 2.34. The lowest BCUT2D eigenvalue weighted by Crippen LogP contribution is -2.48. The van der Waals surface area contributed by atoms with Crippen LogP contribution in [0.5, 0.6) is 0 Å². The first-order valence-corrected chi connectivity index (χ1v) is 5.93. The Kier molecular flexibility index (Phi) is 5.58. The molecule has 7 heteroatoms. The molecule has 0 spiro atoms. The van der Waals surface area contributed by atoms with Crippen LogP contribution < -0.4 is 5.32 Å². The molecule has 1 saturated heterocycles. The highest BCUT2D eigenvalue weighted by Crippen LogP contribution is 2.31. The average molecular weight is 296 g/mol. The molecular formula is C12H17ClF3N3. The third kappa shape index (κ3) is 4.33. The van der Waals surface area contributed by atoms with E-state index in [2.05, 4.69) is 10.3 Å². The summed E-state index contributed by atoms with van der Waals surface area (Å²) >= 11 is 0. The largest absolute Gasteiger partial charge is 0.418 e. The van der Waals surface area contributed by atoms with E-state index in [1.807, 2.05) is 11.8 Å². The third-order valence-electron chi connectivity index (χ3n) is 3.02. The van der Waals surface area contributed by atoms with Crippen molar-refractivity contribution in [2.24, 2.45) is 0 Å². The summed E-state index contributed by atoms with van der Waals surface area (Å²) in [6.07, 6.45) is -2.92. The molecule has 1 aromatic heterocycles. The lowest BCUT2D eigenvalue weighted by Gasteiger charge is -2.32. The summed E-state index contributed by atoms with van der Waals surface area (Å²) in [5.41, 5.74) is -0.518. The summed E-state index contributed by atoms with van der Waals surface area (Å²) in [6, 6.07) is 2.72. The van der Waals surface area contributed by atoms with E-state index in [1.54, 1.807) is 0 Å². The number of hydrogen-bond donors (Lipinski definition) is 1. The van der Waals surface area contributed by atoms with Gasteiger partial charge in [-0.05, 0) is 19.1 Å². The van der Waals surface area contributed by atoms with Gasteiger partial charge in [-0.25, -0.2) is 0 Å². The summed E-state index contributed by atoms with van der Waals surface area (Å²) in [4.78, 5) is 5.88. The van der Waals surface area contributed by atoms with Crippen LogP contribution in [0.3, 0.4) is 0 Å². The van der Waals surface area contributed by atoms with E-state index >= 15 is 0 Å². The molecule has 1 unspecified atom stereocenters. The maximum atomic E-state index is 12.8. The molecular weight excluding hydrogens is 279 g/mol. The number of halogens is 4. The second kappa shape index (κ2) is 6.54. The summed E-state index contributed by atoms with van der Waals surface area (Å²) in [5.74, 6) is 0. The quantitative estimate of drug-likeness (QED) is 0.907. The van der Waals surface area contributed by atoms with Crippen molar-refractivity contribution in [1.82, 2.24) is 15.2 Å². The summed E-state index contributed by atoms with van der Waals surface area (Å²) in [6.45, 7) is 4.57. The summed E-state index contributed by atoms with van der Waals surface area (Å²) in [7, 11) is 0. The van der Waals surface area contributed by atoms with E-state index in [4.69, 9.17) is 0 Å². The fourth-order valence-electron chi connectivity index (χ4n) is 2.19. The molecule has 1 atom stereocenters. The zero-order chi connectivity index (χ0) is 13.2. The molecule has 2 heterocycles. The summed E-state index contributed by atoms with van der Waals surface area (Å²) in [5, 5.41) is 3.26. The molecule has 1 N–H and O–H groups in total. The van der Waals surface area contributed by atoms with E-state index in [-0.39, 0.29) is 24.6 Å². The minimum Gasteiger partial charge on any atom is -0.312 e. The number of aromatic nitrogens is 1. The van der Waals surface area contributed by atoms with Crippen LogP contribution in [0.4, 0.5) is 13.2 Å². The van der Waals surface area contributed by atoms with Gasteiger partial charge in [-0.15, -0.1) is 12.4 Å². The monoisotopic (exact) mass is 295 g/mol. The van der Waals surface area contributed by atoms with Gasteiger partial charge in [-0.1, -0.05) is 0 Å². The van der Waals surface area contributed by atoms with Crippen molar-refractivity contribution in [3.63, 3.8) is 0 Å². The number of nitrogens with zero attached hydrogens (tertiary/aromatic N) is 2. The predicted molar refractivity (Wildman–Crippen MR) is 69.2 cm³/mol. The van der Waals surface area contributed by atoms with Crippen LogP contribution in [0.2, 0.25) is 0 Å². The smallest absolute Gasteiger partial charge is 0.312 e. The lowest BCUT2D eigenvalue weighted by atomic mass is 10.1. The number of rotatable bonds is 2. The molecule has 1 fully saturated rings. The molecule has 0 radical (unpaired) electrons. The van der Waals surface area contributed by atoms with Gasteiger partial charge in [0.05, 0.1) is 11.3 Å². The molecule has 1 aliphatic rings. The van der Waals surface area contributed by atoms with Crippen LogP contribution in [0.25, 0.3) is 0 Å². The zero-order valence-corrected chi connectivity index (χ0v) is 11.4. The molecule has 0 bridgehead atoms. The van der Waals surface area contributed by atoms with Crippen LogP contribution in [-0.4, -0.2) is 35.6 Å². The van der Waals surface area contributed by atoms with Gasteiger partial charge in [-0.3, -0.25) is 9.88 Å². The maximum absolute atomic E-state index is 12.8. The van der Waals surface area contributed by atoms with Gasteiger partial charge >= 0.3 is 6.18 Å². The number of nitrogens with one attached hydrogen (secondary N) is 1. The van der Waals surface area contributed by atoms with Gasteiger partial charge in [0.15, 0.2) is 0 Å². The van der Waals surface area contributed by atoms with Crippen molar-refractivity contribution < 1.29 is 13.2 Å². The number of alkyl halides is 3. The van der Waals surface area contributed by atoms with Crippen molar-refractivity contribution in [2.75, 3.05) is 19.6 Å². The Hall–Kier alpha value is -0.850. The maximum Gasteiger partial charge on any atom is 0.418 e. The first-order valence-electron chi connectivity index (χ1n) is 5.93. The first-order chi connectivity index (χ1) is 8.47. The number of piperazine rings is 1. The Morgan fingerprint density at radius 3 is 2.84 bits per heavy atom. The zero-order valence-electron chi connectivity index (χ0n) is 10.6. The second-order valence-corrected chi connectivity index (χ2v) is 4.59. The van der Waals surface area contributed by atoms with Gasteiger partial charge in [0.2, 0.25) is 0 Å². The molecule has 0 aromatic carbocycles. The normalized spacial score (nSPS) is 20.9. The van der Waals surface area contributed by atoms with Gasteiger partial charge in [-0.2, -0.15) is 13.2 Å². The van der Waals surface area contributed by atoms with Crippen LogP contribution in [0, 0.1) is 0 Å². The van der Waals surface area contributed by atoms with Crippen LogP contribution >= 0.6 is 12.4 Å². The van der Waals surface area contributed by atoms with Crippen molar-refractivity contribution in [1.29, 1.82) is 0 Å². The topological polar surface area (TPSA) is 28.2 Å². The molecule has 1 aliphatic heterocycles. The van der Waals surface area contributed by atoms with Crippen molar-refractivity contribution in [3.8, 4) is 0 Å². The van der Waals surface area contributed by atoms with Gasteiger partial charge in [0.1, 0.15) is 0 Å². The van der Waals surface area contributed by atoms with Crippen LogP contribution in [0.1, 0.15) is 18.2 Å². The van der Waals surface area contributed by atoms with Gasteiger partial charge in [0.25, 0.3) is 0 Å². The van der Waals surface area contributed by atoms with Gasteiger partial charge in [0, 0.05) is 38.4 Å². The Bertz CT molecular complexity index is 411. The molecule has 2 rings (SSSR count). The molecule has 0 amide bonds. The molecule has 0 aliphatic carbocycles. The molecule has 108 valence electrons. The van der Waals surface area contributed by atoms with E-state index in [1.165, 1.54) is 12.3 Å². The highest BCUT2D eigenvalue weighted by molar-refractivity contribution is 5.85. The third-order valence-corrected chi connectivity index (χ3v) is 3.02. The highest BCUT2D eigenvalue weighted by atomic mass is 35.5. The van der Waals surface area contributed by atoms with E-state index in [0.29, 0.717) is 6.04 Å². The Balaban J connectivity index is 0.00000180. The summed E-state index contributed by atoms with van der Waals surface area (Å²) < 4.78 is 38.4. The fraction of sp³-hybridized carbons (Fsp3) is 0.583. The molecule has 1 aromatic rings.